The number of carbonyl (C=O) groups is 5. The number of alkyl carbamates (subject to hydrolysis) is 1. The van der Waals surface area contributed by atoms with Crippen molar-refractivity contribution in [2.75, 3.05) is 19.6 Å². The summed E-state index contributed by atoms with van der Waals surface area (Å²) in [6.45, 7) is 6.53. The first kappa shape index (κ1) is 43.6. The Morgan fingerprint density at radius 2 is 1.81 bits per heavy atom. The van der Waals surface area contributed by atoms with Crippen LogP contribution >= 0.6 is 0 Å². The van der Waals surface area contributed by atoms with Gasteiger partial charge in [-0.25, -0.2) is 22.4 Å². The number of rotatable bonds is 7. The summed E-state index contributed by atoms with van der Waals surface area (Å²) in [6.07, 6.45) is 0.758. The van der Waals surface area contributed by atoms with Gasteiger partial charge < -0.3 is 20.5 Å². The van der Waals surface area contributed by atoms with Crippen LogP contribution in [0.3, 0.4) is 0 Å². The van der Waals surface area contributed by atoms with E-state index in [0.717, 1.165) is 30.6 Å². The van der Waals surface area contributed by atoms with Gasteiger partial charge in [-0.15, -0.1) is 0 Å². The number of ketones is 1. The van der Waals surface area contributed by atoms with Crippen molar-refractivity contribution in [1.82, 2.24) is 25.2 Å². The van der Waals surface area contributed by atoms with Crippen LogP contribution in [0, 0.1) is 17.8 Å². The fraction of sp³-hybridized carbons (Fsp3) is 0.718. The van der Waals surface area contributed by atoms with Gasteiger partial charge in [-0.05, 0) is 102 Å². The lowest BCUT2D eigenvalue weighted by atomic mass is 9.79. The van der Waals surface area contributed by atoms with Crippen LogP contribution in [0.5, 0.6) is 0 Å². The normalized spacial score (nSPS) is 32.5. The van der Waals surface area contributed by atoms with Crippen molar-refractivity contribution in [3.63, 3.8) is 0 Å². The highest BCUT2D eigenvalue weighted by atomic mass is 32.2. The Balaban J connectivity index is 1.33. The molecular formula is C39H53F4N5O9S. The molecule has 14 nitrogen and oxygen atoms in total. The quantitative estimate of drug-likeness (QED) is 0.200. The standard InChI is InChI=1S/C39H53F4N5O9S/c1-6-24-27-25(28(40)31(49)29(24)44-34(52)57-36(3,4)39(41,42)43)20-48(35(53)54)30(27)22-17-26-32(50)45-38(33(51)46-58(55,56)37(5)14-15-37)18-23(38)13-8-7-11-21(2)12-9-10-16-47(26)19-22/h8,13,21-23,26,29-30H,6-7,9-12,14-20H2,1-5H3,(H,44,52)(H,45,50)(H,46,51)(H,53,54)/b13-8-/t21-,22+,23+,26-,29-,30?,38+/m0/s1. The molecule has 6 rings (SSSR count). The number of carboxylic acid groups (broad SMARTS) is 1. The molecule has 3 heterocycles. The predicted molar refractivity (Wildman–Crippen MR) is 201 cm³/mol. The number of allylic oxidation sites excluding steroid dienone is 1. The summed E-state index contributed by atoms with van der Waals surface area (Å²) in [5.74, 6) is -4.78. The van der Waals surface area contributed by atoms with Gasteiger partial charge in [-0.3, -0.25) is 28.9 Å². The van der Waals surface area contributed by atoms with E-state index < -0.39 is 104 Å². The van der Waals surface area contributed by atoms with Crippen molar-refractivity contribution < 1.29 is 59.8 Å². The molecule has 3 aliphatic carbocycles. The third-order valence-corrected chi connectivity index (χ3v) is 15.2. The van der Waals surface area contributed by atoms with Crippen LogP contribution in [0.2, 0.25) is 0 Å². The molecule has 0 aromatic rings. The lowest BCUT2D eigenvalue weighted by Crippen LogP contribution is -2.56. The molecule has 0 radical (unpaired) electrons. The molecule has 4 fully saturated rings. The number of likely N-dealkylation sites (tertiary alicyclic amines) is 1. The molecule has 6 aliphatic rings. The van der Waals surface area contributed by atoms with Crippen LogP contribution in [-0.4, -0.2) is 113 Å². The summed E-state index contributed by atoms with van der Waals surface area (Å²) >= 11 is 0. The second kappa shape index (κ2) is 15.6. The number of ether oxygens (including phenoxy) is 1. The van der Waals surface area contributed by atoms with Gasteiger partial charge in [-0.2, -0.15) is 13.2 Å². The third kappa shape index (κ3) is 8.13. The first-order valence-corrected chi connectivity index (χ1v) is 21.5. The number of nitrogens with zero attached hydrogens (tertiary/aromatic N) is 2. The Morgan fingerprint density at radius 1 is 1.12 bits per heavy atom. The summed E-state index contributed by atoms with van der Waals surface area (Å²) < 4.78 is 88.7. The highest BCUT2D eigenvalue weighted by Crippen LogP contribution is 2.49. The Labute approximate surface area is 335 Å². The lowest BCUT2D eigenvalue weighted by Gasteiger charge is -2.33. The molecule has 0 aromatic carbocycles. The minimum Gasteiger partial charge on any atom is -0.465 e. The van der Waals surface area contributed by atoms with Gasteiger partial charge in [0.15, 0.2) is 5.83 Å². The van der Waals surface area contributed by atoms with Crippen LogP contribution in [-0.2, 0) is 29.1 Å². The van der Waals surface area contributed by atoms with Gasteiger partial charge >= 0.3 is 18.4 Å². The Morgan fingerprint density at radius 3 is 2.43 bits per heavy atom. The Hall–Kier alpha value is -4.00. The molecule has 58 heavy (non-hydrogen) atoms. The maximum atomic E-state index is 16.0. The number of hydrogen-bond donors (Lipinski definition) is 4. The van der Waals surface area contributed by atoms with Gasteiger partial charge in [-0.1, -0.05) is 38.8 Å². The lowest BCUT2D eigenvalue weighted by molar-refractivity contribution is -0.244. The zero-order valence-corrected chi connectivity index (χ0v) is 34.2. The number of sulfonamides is 1. The maximum Gasteiger partial charge on any atom is 0.427 e. The average molecular weight is 844 g/mol. The van der Waals surface area contributed by atoms with Crippen molar-refractivity contribution in [3.05, 3.63) is 34.7 Å². The SMILES string of the molecule is CCC1=C2C(=C(F)C(=O)[C@H]1NC(=O)OC(C)(C)C(F)(F)F)CN(C(=O)O)C2[C@@H]1C[C@H]2C(=O)N[C@]3(C(=O)NS(=O)(=O)C4(C)CC4)C[C@H]3/C=C\CC[C@H](C)CCCCN2C1. The van der Waals surface area contributed by atoms with Gasteiger partial charge in [0, 0.05) is 18.0 Å². The van der Waals surface area contributed by atoms with E-state index in [4.69, 9.17) is 0 Å². The van der Waals surface area contributed by atoms with Crippen molar-refractivity contribution in [1.29, 1.82) is 0 Å². The number of amides is 4. The first-order valence-electron chi connectivity index (χ1n) is 20.0. The van der Waals surface area contributed by atoms with E-state index in [1.54, 1.807) is 13.8 Å². The summed E-state index contributed by atoms with van der Waals surface area (Å²) in [4.78, 5) is 70.2. The van der Waals surface area contributed by atoms with E-state index in [1.165, 1.54) is 0 Å². The van der Waals surface area contributed by atoms with E-state index in [9.17, 15) is 50.7 Å². The minimum atomic E-state index is -4.97. The first-order chi connectivity index (χ1) is 27.0. The van der Waals surface area contributed by atoms with Gasteiger partial charge in [0.1, 0.15) is 11.6 Å². The van der Waals surface area contributed by atoms with Crippen LogP contribution < -0.4 is 15.4 Å². The summed E-state index contributed by atoms with van der Waals surface area (Å²) in [7, 11) is -4.04. The third-order valence-electron chi connectivity index (χ3n) is 13.0. The van der Waals surface area contributed by atoms with Crippen molar-refractivity contribution in [2.24, 2.45) is 17.8 Å². The van der Waals surface area contributed by atoms with Crippen LogP contribution in [0.25, 0.3) is 0 Å². The number of carbonyl (C=O) groups excluding carboxylic acids is 4. The topological polar surface area (TPSA) is 192 Å². The minimum absolute atomic E-state index is 0.0223. The van der Waals surface area contributed by atoms with Crippen LogP contribution in [0.1, 0.15) is 98.8 Å². The van der Waals surface area contributed by atoms with Crippen LogP contribution in [0.4, 0.5) is 27.2 Å². The molecule has 1 unspecified atom stereocenters. The number of halogens is 4. The molecule has 19 heteroatoms. The molecule has 4 amide bonds. The van der Waals surface area contributed by atoms with Crippen LogP contribution in [0.15, 0.2) is 34.7 Å². The average Bonchev–Trinajstić information content (AvgIpc) is 3.94. The zero-order valence-electron chi connectivity index (χ0n) is 33.3. The highest BCUT2D eigenvalue weighted by Gasteiger charge is 2.63. The molecule has 2 saturated heterocycles. The zero-order chi connectivity index (χ0) is 42.7. The predicted octanol–water partition coefficient (Wildman–Crippen LogP) is 5.02. The van der Waals surface area contributed by atoms with Gasteiger partial charge in [0.05, 0.1) is 23.4 Å². The molecule has 3 aliphatic heterocycles. The van der Waals surface area contributed by atoms with E-state index in [2.05, 4.69) is 27.0 Å². The number of Topliss-reactive ketones (excluding diaryl/α,β-unsaturated/α-hetero) is 1. The molecule has 4 N–H and O–H groups in total. The van der Waals surface area contributed by atoms with E-state index in [0.29, 0.717) is 45.6 Å². The highest BCUT2D eigenvalue weighted by molar-refractivity contribution is 7.91. The Kier molecular flexibility index (Phi) is 11.7. The Bertz CT molecular complexity index is 1940. The number of alkyl halides is 3. The molecular weight excluding hydrogens is 791 g/mol. The van der Waals surface area contributed by atoms with Gasteiger partial charge in [0.25, 0.3) is 5.91 Å². The van der Waals surface area contributed by atoms with E-state index in [1.807, 2.05) is 17.1 Å². The maximum absolute atomic E-state index is 16.0. The van der Waals surface area contributed by atoms with Crippen molar-refractivity contribution in [3.8, 4) is 0 Å². The molecule has 0 spiro atoms. The number of fused-ring (bicyclic) bond motifs is 3. The number of hydrogen-bond acceptors (Lipinski definition) is 9. The largest absolute Gasteiger partial charge is 0.465 e. The smallest absolute Gasteiger partial charge is 0.427 e. The second-order valence-corrected chi connectivity index (χ2v) is 19.7. The summed E-state index contributed by atoms with van der Waals surface area (Å²) in [5.41, 5.74) is -4.49. The van der Waals surface area contributed by atoms with Crippen molar-refractivity contribution in [2.45, 2.75) is 139 Å². The molecule has 322 valence electrons. The summed E-state index contributed by atoms with van der Waals surface area (Å²) in [6, 6.07) is -3.84. The summed E-state index contributed by atoms with van der Waals surface area (Å²) in [5, 5.41) is 15.4. The molecule has 0 bridgehead atoms. The van der Waals surface area contributed by atoms with Gasteiger partial charge in [0.2, 0.25) is 27.3 Å². The number of nitrogens with one attached hydrogen (secondary N) is 3. The molecule has 7 atom stereocenters. The van der Waals surface area contributed by atoms with E-state index in [-0.39, 0.29) is 42.5 Å². The van der Waals surface area contributed by atoms with Crippen molar-refractivity contribution >= 4 is 39.8 Å². The van der Waals surface area contributed by atoms with E-state index >= 15 is 4.39 Å². The fourth-order valence-electron chi connectivity index (χ4n) is 8.86. The molecule has 0 aromatic heterocycles. The second-order valence-electron chi connectivity index (χ2n) is 17.5. The molecule has 2 saturated carbocycles. The monoisotopic (exact) mass is 843 g/mol. The fourth-order valence-corrected chi connectivity index (χ4v) is 10.2.